The number of aliphatic hydroxyl groups is 2. The minimum Gasteiger partial charge on any atom is -0.512 e. The maximum absolute atomic E-state index is 9.78. The van der Waals surface area contributed by atoms with Crippen molar-refractivity contribution in [2.24, 2.45) is 0 Å². The predicted molar refractivity (Wildman–Crippen MR) is 350 cm³/mol. The van der Waals surface area contributed by atoms with Crippen LogP contribution in [0, 0.1) is 6.92 Å². The second-order valence-corrected chi connectivity index (χ2v) is 16.8. The molecule has 0 spiro atoms. The predicted octanol–water partition coefficient (Wildman–Crippen LogP) is 17.7. The molecule has 0 fully saturated rings. The van der Waals surface area contributed by atoms with Crippen LogP contribution in [-0.4, -0.2) is 55.8 Å². The van der Waals surface area contributed by atoms with Gasteiger partial charge in [-0.2, -0.15) is 0 Å². The van der Waals surface area contributed by atoms with Crippen LogP contribution in [0.3, 0.4) is 0 Å². The van der Waals surface area contributed by atoms with Gasteiger partial charge in [0.15, 0.2) is 0 Å². The summed E-state index contributed by atoms with van der Waals surface area (Å²) in [6, 6.07) is 0. The Morgan fingerprint density at radius 2 is 1.01 bits per heavy atom. The Kier molecular flexibility index (Phi) is 44.6. The van der Waals surface area contributed by atoms with Crippen LogP contribution < -0.4 is 10.6 Å². The van der Waals surface area contributed by atoms with E-state index in [0.717, 1.165) is 101 Å². The number of furan rings is 1. The molecule has 1 aromatic heterocycles. The minimum absolute atomic E-state index is 0. The molecule has 11 heteroatoms. The van der Waals surface area contributed by atoms with Gasteiger partial charge in [0.1, 0.15) is 45.7 Å². The molecule has 0 aromatic carbocycles. The lowest BCUT2D eigenvalue weighted by Crippen LogP contribution is -2.27. The van der Waals surface area contributed by atoms with E-state index in [1.165, 1.54) is 19.3 Å². The minimum atomic E-state index is -1.57. The van der Waals surface area contributed by atoms with E-state index >= 15 is 0 Å². The molecule has 0 amide bonds. The van der Waals surface area contributed by atoms with Crippen LogP contribution in [0.4, 0.5) is 0 Å². The summed E-state index contributed by atoms with van der Waals surface area (Å²) in [5.41, 5.74) is 13.2. The van der Waals surface area contributed by atoms with E-state index < -0.39 is 7.12 Å². The van der Waals surface area contributed by atoms with Gasteiger partial charge >= 0.3 is 7.12 Å². The Labute approximate surface area is 485 Å². The Balaban J connectivity index is -0.000000214. The number of hydrogen-bond acceptors (Lipinski definition) is 10. The fourth-order valence-corrected chi connectivity index (χ4v) is 7.22. The first kappa shape index (κ1) is 83.2. The molecule has 1 aliphatic rings. The standard InChI is InChI=1S/C17H24O2.C15H16O2.C15H20O2.C12H18O.C7H11BO3.3CH4/c1-9-11-16(12(3)4)17(14(6)19-8)15(10-2)13(5)18-7;1-7-12-13(8(2)3)15-11(6)16-9(4)14(15)10(5)17-12;1-7-9-14(10(3)4)15(12(6)17)13(8-2)11(5)16;1-7-8-12(9(2)3)10(4)11(5)13-6;1-4-6(8(9)10)7(5-2)11-3;;;/h9-11H,1,3,5H2,2,4,6-8H3;7H,1-2,4H2,3,5-6H3;7-9,16-17H,1,3,5H2,2,4,6H3;7-8H,1-2H2,3-6H3;4-5,9-10H,1-2H2,3H3;3*1H4/b15-10+,16-11+,17-14+;;13-8+,14-9+,15-12+;11-10+,12-8+;7-6-;;;. The molecule has 1 aromatic rings. The molecule has 440 valence electrons. The number of rotatable bonds is 22. The highest BCUT2D eigenvalue weighted by Crippen LogP contribution is 2.34. The average Bonchev–Trinajstić information content (AvgIpc) is 3.68. The molecule has 0 atom stereocenters. The number of hydrogen-bond donors (Lipinski definition) is 4. The van der Waals surface area contributed by atoms with E-state index in [0.29, 0.717) is 28.1 Å². The van der Waals surface area contributed by atoms with Crippen molar-refractivity contribution in [1.82, 2.24) is 0 Å². The first-order chi connectivity index (χ1) is 36.0. The first-order valence-electron chi connectivity index (χ1n) is 24.2. The van der Waals surface area contributed by atoms with E-state index in [2.05, 4.69) is 85.5 Å². The average molecular weight is 1100 g/mol. The van der Waals surface area contributed by atoms with Gasteiger partial charge in [-0.05, 0) is 123 Å². The summed E-state index contributed by atoms with van der Waals surface area (Å²) >= 11 is 0. The number of methoxy groups -OCH3 is 4. The van der Waals surface area contributed by atoms with Gasteiger partial charge in [-0.15, -0.1) is 0 Å². The Bertz CT molecular complexity index is 2870. The van der Waals surface area contributed by atoms with Gasteiger partial charge in [0.05, 0.1) is 45.2 Å². The monoisotopic (exact) mass is 1100 g/mol. The van der Waals surface area contributed by atoms with Crippen LogP contribution >= 0.6 is 0 Å². The highest BCUT2D eigenvalue weighted by atomic mass is 16.5. The maximum atomic E-state index is 9.78. The normalized spacial score (nSPS) is 13.0. The number of allylic oxidation sites excluding steroid dienone is 26. The van der Waals surface area contributed by atoms with Crippen molar-refractivity contribution in [2.75, 3.05) is 28.4 Å². The third-order valence-electron chi connectivity index (χ3n) is 11.1. The molecule has 0 unspecified atom stereocenters. The fourth-order valence-electron chi connectivity index (χ4n) is 7.22. The van der Waals surface area contributed by atoms with Crippen molar-refractivity contribution >= 4 is 25.0 Å². The van der Waals surface area contributed by atoms with E-state index in [-0.39, 0.29) is 39.3 Å². The van der Waals surface area contributed by atoms with Gasteiger partial charge in [0.25, 0.3) is 0 Å². The van der Waals surface area contributed by atoms with E-state index in [4.69, 9.17) is 38.1 Å². The summed E-state index contributed by atoms with van der Waals surface area (Å²) in [4.78, 5) is 0. The SMILES string of the molecule is C.C.C.C=C/C(OC)=C(\C=C)B(O)O.C=C/C=C(C(=C)C)/C(C(=C/C)/C(=C)O)=C(\C)O.C=C/C=C(C(=C)C)/C(C(=C/C)/C(=C)OC)=C(\C)OC.C=C/C=C(C(=C)C)/C(C)=C(\C)OC.C=CC1=C(C(=C)C)c2c(C)oc(=C)c2=C(C)O1. The second-order valence-electron chi connectivity index (χ2n) is 16.8. The Morgan fingerprint density at radius 3 is 1.30 bits per heavy atom. The number of ether oxygens (including phenoxy) is 5. The molecule has 0 saturated heterocycles. The molecule has 80 heavy (non-hydrogen) atoms. The van der Waals surface area contributed by atoms with Crippen molar-refractivity contribution in [1.29, 1.82) is 0 Å². The number of aryl methyl sites for hydroxylation is 1. The second kappa shape index (κ2) is 42.8. The summed E-state index contributed by atoms with van der Waals surface area (Å²) in [7, 11) is 4.76. The number of aliphatic hydroxyl groups excluding tert-OH is 2. The lowest BCUT2D eigenvalue weighted by atomic mass is 9.78. The molecule has 0 bridgehead atoms. The van der Waals surface area contributed by atoms with Gasteiger partial charge in [-0.1, -0.05) is 179 Å². The van der Waals surface area contributed by atoms with Gasteiger partial charge < -0.3 is 48.4 Å². The summed E-state index contributed by atoms with van der Waals surface area (Å²) < 4.78 is 31.9. The largest absolute Gasteiger partial charge is 0.512 e. The molecule has 2 heterocycles. The zero-order chi connectivity index (χ0) is 60.6. The van der Waals surface area contributed by atoms with Crippen LogP contribution in [0.1, 0.15) is 110 Å². The van der Waals surface area contributed by atoms with E-state index in [9.17, 15) is 10.2 Å². The quantitative estimate of drug-likeness (QED) is 0.0504. The van der Waals surface area contributed by atoms with E-state index in [1.807, 2.05) is 87.5 Å². The van der Waals surface area contributed by atoms with Gasteiger partial charge in [0, 0.05) is 38.9 Å². The Hall–Kier alpha value is -8.12. The van der Waals surface area contributed by atoms with Crippen LogP contribution in [0.15, 0.2) is 263 Å². The van der Waals surface area contributed by atoms with E-state index in [1.54, 1.807) is 71.6 Å². The van der Waals surface area contributed by atoms with Gasteiger partial charge in [-0.25, -0.2) is 0 Å². The van der Waals surface area contributed by atoms with Crippen molar-refractivity contribution < 1.29 is 48.4 Å². The molecule has 2 rings (SSSR count). The zero-order valence-corrected chi connectivity index (χ0v) is 49.4. The van der Waals surface area contributed by atoms with Gasteiger partial charge in [-0.3, -0.25) is 0 Å². The topological polar surface area (TPSA) is 140 Å². The summed E-state index contributed by atoms with van der Waals surface area (Å²) in [6.45, 7) is 71.4. The number of fused-ring (bicyclic) bond motifs is 1. The molecular weight excluding hydrogens is 1000 g/mol. The summed E-state index contributed by atoms with van der Waals surface area (Å²) in [5, 5.41) is 37.7. The molecular formula is C69H101BO10. The Morgan fingerprint density at radius 1 is 0.575 bits per heavy atom. The molecule has 0 aliphatic carbocycles. The third-order valence-corrected chi connectivity index (χ3v) is 11.1. The van der Waals surface area contributed by atoms with Crippen molar-refractivity contribution in [2.45, 2.75) is 105 Å². The highest BCUT2D eigenvalue weighted by molar-refractivity contribution is 6.52. The summed E-state index contributed by atoms with van der Waals surface area (Å²) in [5.74, 6) is 4.97. The smallest absolute Gasteiger partial charge is 0.492 e. The molecule has 0 saturated carbocycles. The lowest BCUT2D eigenvalue weighted by Gasteiger charge is -2.19. The van der Waals surface area contributed by atoms with Crippen molar-refractivity contribution in [3.63, 3.8) is 0 Å². The molecule has 4 N–H and O–H groups in total. The molecule has 0 radical (unpaired) electrons. The van der Waals surface area contributed by atoms with Gasteiger partial charge in [0.2, 0.25) is 0 Å². The van der Waals surface area contributed by atoms with Crippen molar-refractivity contribution in [3.05, 3.63) is 280 Å². The third kappa shape index (κ3) is 25.1. The zero-order valence-electron chi connectivity index (χ0n) is 49.4. The first-order valence-corrected chi connectivity index (χ1v) is 24.2. The highest BCUT2D eigenvalue weighted by Gasteiger charge is 2.24. The van der Waals surface area contributed by atoms with Crippen LogP contribution in [0.2, 0.25) is 0 Å². The van der Waals surface area contributed by atoms with Crippen LogP contribution in [0.5, 0.6) is 0 Å². The maximum Gasteiger partial charge on any atom is 0.492 e. The lowest BCUT2D eigenvalue weighted by molar-refractivity contribution is 0.285. The van der Waals surface area contributed by atoms with Crippen LogP contribution in [-0.2, 0) is 23.7 Å². The molecule has 1 aliphatic heterocycles. The summed E-state index contributed by atoms with van der Waals surface area (Å²) in [6.07, 6.45) is 18.7. The molecule has 10 nitrogen and oxygen atoms in total. The van der Waals surface area contributed by atoms with Crippen molar-refractivity contribution in [3.8, 4) is 0 Å². The van der Waals surface area contributed by atoms with Crippen LogP contribution in [0.25, 0.3) is 17.9 Å². The fraction of sp³-hybridized carbons (Fsp3) is 0.275.